The number of aromatic nitrogens is 12. The zero-order valence-electron chi connectivity index (χ0n) is 42.7. The molecule has 0 bridgehead atoms. The second-order valence-electron chi connectivity index (χ2n) is 19.9. The minimum absolute atomic E-state index is 0.00607. The Hall–Kier alpha value is -5.42. The number of hydrogen-bond acceptors (Lipinski definition) is 22. The van der Waals surface area contributed by atoms with E-state index in [1.54, 1.807) is 0 Å². The van der Waals surface area contributed by atoms with Gasteiger partial charge >= 0.3 is 15.6 Å². The number of nitrogens with one attached hydrogen (secondary N) is 1. The molecule has 3 aliphatic rings. The normalized spacial score (nSPS) is 25.6. The number of ether oxygens (including phenoxy) is 3. The van der Waals surface area contributed by atoms with Crippen LogP contribution in [-0.2, 0) is 47.4 Å². The minimum Gasteiger partial charge on any atom is -0.388 e. The molecule has 6 aromatic rings. The van der Waals surface area contributed by atoms with Crippen molar-refractivity contribution in [2.45, 2.75) is 177 Å². The van der Waals surface area contributed by atoms with E-state index in [9.17, 15) is 33.7 Å². The lowest BCUT2D eigenvalue weighted by Crippen LogP contribution is -2.46. The molecule has 77 heavy (non-hydrogen) atoms. The summed E-state index contributed by atoms with van der Waals surface area (Å²) in [4.78, 5) is 83.4. The highest BCUT2D eigenvalue weighted by molar-refractivity contribution is 7.47. The first-order valence-electron chi connectivity index (χ1n) is 26.2. The highest BCUT2D eigenvalue weighted by Gasteiger charge is 2.57. The number of aliphatic hydroxyl groups is 1. The molecule has 0 spiro atoms. The lowest BCUT2D eigenvalue weighted by molar-refractivity contribution is -0.164. The summed E-state index contributed by atoms with van der Waals surface area (Å²) < 4.78 is 67.8. The Bertz CT molecular complexity index is 3050. The fourth-order valence-electron chi connectivity index (χ4n) is 10.6. The SMILES string of the molecule is CCCCCCCCCCCCCCCC(=O)NCC1CC(OP(=O)(O)O)C(CC2CC(OP(=O)(O)OCC3CC(O)C(n4cnc5c(N)ncnc54)O3)C(n3cnc4c(N)ncnc43)O2)(n2cnc3c(N)ncnc32)O1. The molecule has 9 heterocycles. The maximum Gasteiger partial charge on any atom is 0.472 e. The molecule has 3 aliphatic heterocycles. The van der Waals surface area contributed by atoms with Crippen molar-refractivity contribution in [3.8, 4) is 0 Å². The number of carbonyl (C=O) groups excluding carboxylic acids is 1. The Morgan fingerprint density at radius 2 is 1.21 bits per heavy atom. The molecule has 420 valence electrons. The molecule has 0 saturated carbocycles. The van der Waals surface area contributed by atoms with Gasteiger partial charge in [-0.3, -0.25) is 32.1 Å². The molecule has 1 amide bonds. The van der Waals surface area contributed by atoms with Gasteiger partial charge in [-0.1, -0.05) is 84.0 Å². The van der Waals surface area contributed by atoms with E-state index >= 15 is 0 Å². The lowest BCUT2D eigenvalue weighted by atomic mass is 9.96. The number of hydrogen-bond donors (Lipinski definition) is 8. The first-order valence-corrected chi connectivity index (χ1v) is 29.2. The van der Waals surface area contributed by atoms with Gasteiger partial charge in [-0.25, -0.2) is 54.0 Å². The van der Waals surface area contributed by atoms with Crippen molar-refractivity contribution in [1.82, 2.24) is 63.9 Å². The maximum atomic E-state index is 14.0. The van der Waals surface area contributed by atoms with Crippen LogP contribution in [0.25, 0.3) is 33.5 Å². The van der Waals surface area contributed by atoms with Gasteiger partial charge in [0.25, 0.3) is 0 Å². The number of anilines is 3. The van der Waals surface area contributed by atoms with E-state index in [2.05, 4.69) is 57.1 Å². The van der Waals surface area contributed by atoms with Crippen LogP contribution in [0.15, 0.2) is 38.0 Å². The van der Waals surface area contributed by atoms with E-state index in [-0.39, 0.29) is 84.3 Å². The van der Waals surface area contributed by atoms with Gasteiger partial charge in [0.2, 0.25) is 5.91 Å². The van der Waals surface area contributed by atoms with Gasteiger partial charge in [-0.15, -0.1) is 0 Å². The van der Waals surface area contributed by atoms with E-state index in [4.69, 9.17) is 45.0 Å². The summed E-state index contributed by atoms with van der Waals surface area (Å²) in [6, 6.07) is 0. The van der Waals surface area contributed by atoms with Crippen LogP contribution in [-0.4, -0.2) is 134 Å². The Labute approximate surface area is 442 Å². The van der Waals surface area contributed by atoms with Crippen molar-refractivity contribution in [2.75, 3.05) is 30.4 Å². The van der Waals surface area contributed by atoms with Crippen molar-refractivity contribution in [1.29, 1.82) is 0 Å². The second-order valence-corrected chi connectivity index (χ2v) is 22.5. The van der Waals surface area contributed by atoms with Gasteiger partial charge < -0.3 is 56.5 Å². The molecule has 3 fully saturated rings. The zero-order chi connectivity index (χ0) is 54.3. The monoisotopic (exact) mass is 1110 g/mol. The fourth-order valence-corrected chi connectivity index (χ4v) is 12.1. The lowest BCUT2D eigenvalue weighted by Gasteiger charge is -2.37. The number of nitrogens with two attached hydrogens (primary N) is 3. The van der Waals surface area contributed by atoms with E-state index < -0.39 is 77.1 Å². The average Bonchev–Trinajstić information content (AvgIpc) is 4.29. The number of phosphoric ester groups is 2. The quantitative estimate of drug-likeness (QED) is 0.0246. The van der Waals surface area contributed by atoms with Crippen LogP contribution in [0.2, 0.25) is 0 Å². The third-order valence-electron chi connectivity index (χ3n) is 14.3. The fraction of sp³-hybridized carbons (Fsp3) is 0.652. The predicted molar refractivity (Wildman–Crippen MR) is 275 cm³/mol. The summed E-state index contributed by atoms with van der Waals surface area (Å²) in [6.45, 7) is 1.67. The summed E-state index contributed by atoms with van der Waals surface area (Å²) >= 11 is 0. The predicted octanol–water partition coefficient (Wildman–Crippen LogP) is 4.60. The molecule has 31 heteroatoms. The highest BCUT2D eigenvalue weighted by atomic mass is 31.2. The Morgan fingerprint density at radius 1 is 0.675 bits per heavy atom. The van der Waals surface area contributed by atoms with Crippen molar-refractivity contribution in [3.63, 3.8) is 0 Å². The molecule has 0 aliphatic carbocycles. The van der Waals surface area contributed by atoms with Crippen LogP contribution in [0.4, 0.5) is 17.5 Å². The number of unbranched alkanes of at least 4 members (excludes halogenated alkanes) is 12. The van der Waals surface area contributed by atoms with E-state index in [1.807, 2.05) is 0 Å². The summed E-state index contributed by atoms with van der Waals surface area (Å²) in [6.07, 6.45) is 13.5. The number of fused-ring (bicyclic) bond motifs is 3. The van der Waals surface area contributed by atoms with Crippen molar-refractivity contribution in [3.05, 3.63) is 38.0 Å². The van der Waals surface area contributed by atoms with Gasteiger partial charge in [0.05, 0.1) is 43.9 Å². The summed E-state index contributed by atoms with van der Waals surface area (Å²) in [5.74, 6) is -0.0366. The Kier molecular flexibility index (Phi) is 18.1. The van der Waals surface area contributed by atoms with Crippen LogP contribution in [0.5, 0.6) is 0 Å². The molecule has 6 aromatic heterocycles. The van der Waals surface area contributed by atoms with Crippen LogP contribution < -0.4 is 22.5 Å². The largest absolute Gasteiger partial charge is 0.472 e. The number of aliphatic hydroxyl groups excluding tert-OH is 1. The highest BCUT2D eigenvalue weighted by Crippen LogP contribution is 2.54. The molecule has 10 unspecified atom stereocenters. The van der Waals surface area contributed by atoms with Crippen molar-refractivity contribution in [2.24, 2.45) is 0 Å². The minimum atomic E-state index is -5.28. The van der Waals surface area contributed by atoms with Gasteiger partial charge in [-0.2, -0.15) is 0 Å². The molecule has 0 radical (unpaired) electrons. The van der Waals surface area contributed by atoms with Crippen LogP contribution in [0.3, 0.4) is 0 Å². The molecular formula is C46H68N16O13P2. The topological polar surface area (TPSA) is 408 Å². The van der Waals surface area contributed by atoms with E-state index in [1.165, 1.54) is 109 Å². The average molecular weight is 1120 g/mol. The third-order valence-corrected chi connectivity index (χ3v) is 15.8. The number of nitrogens with zero attached hydrogens (tertiary/aromatic N) is 12. The van der Waals surface area contributed by atoms with Gasteiger partial charge in [0, 0.05) is 38.6 Å². The van der Waals surface area contributed by atoms with E-state index in [0.29, 0.717) is 17.6 Å². The molecule has 29 nitrogen and oxygen atoms in total. The number of phosphoric acid groups is 2. The molecule has 11 N–H and O–H groups in total. The maximum absolute atomic E-state index is 14.0. The molecule has 10 atom stereocenters. The van der Waals surface area contributed by atoms with Gasteiger partial charge in [0.1, 0.15) is 53.8 Å². The first kappa shape index (κ1) is 56.3. The van der Waals surface area contributed by atoms with Crippen LogP contribution >= 0.6 is 15.6 Å². The smallest absolute Gasteiger partial charge is 0.388 e. The van der Waals surface area contributed by atoms with Crippen LogP contribution in [0, 0.1) is 0 Å². The number of amides is 1. The van der Waals surface area contributed by atoms with E-state index in [0.717, 1.165) is 19.3 Å². The summed E-state index contributed by atoms with van der Waals surface area (Å²) in [7, 11) is -10.3. The Morgan fingerprint density at radius 3 is 1.81 bits per heavy atom. The number of carbonyl (C=O) groups is 1. The number of imidazole rings is 3. The summed E-state index contributed by atoms with van der Waals surface area (Å²) in [5, 5.41) is 13.9. The molecule has 3 saturated heterocycles. The number of rotatable bonds is 28. The molecular weight excluding hydrogens is 1050 g/mol. The van der Waals surface area contributed by atoms with Crippen molar-refractivity contribution >= 4 is 72.5 Å². The summed E-state index contributed by atoms with van der Waals surface area (Å²) in [5.41, 5.74) is 17.7. The third kappa shape index (κ3) is 13.4. The van der Waals surface area contributed by atoms with Crippen molar-refractivity contribution < 1.29 is 61.5 Å². The number of nitrogen functional groups attached to an aromatic ring is 3. The van der Waals surface area contributed by atoms with Crippen LogP contribution in [0.1, 0.15) is 135 Å². The Balaban J connectivity index is 0.903. The zero-order valence-corrected chi connectivity index (χ0v) is 44.5. The molecule has 9 rings (SSSR count). The first-order chi connectivity index (χ1) is 37.0. The molecule has 0 aromatic carbocycles. The van der Waals surface area contributed by atoms with Gasteiger partial charge in [0.15, 0.2) is 52.6 Å². The second kappa shape index (κ2) is 24.7. The van der Waals surface area contributed by atoms with Gasteiger partial charge in [-0.05, 0) is 6.42 Å². The standard InChI is InChI=1S/C46H68N16O13P2/c1-2-3-4-5-6-7-8-9-10-11-12-13-14-15-34(64)50-20-29-18-33(75-76(65,66)67)46(73-29,62-27-59-37-40(49)53-24-56-43(37)62)19-28-17-32(45(71-28)61-26-58-36-39(48)52-23-55-42(36)61)74-77(68,69)70-21-30-16-31(63)44(72-30)60-25-57-35-38(47)51-22-54-41(35)60/h22-33,44-45,63H,2-21H2,1H3,(H,50,64)(H,68,69)(H2,47,51,54)(H2,48,52,55)(H2,49,53,56)(H2,65,66,67).